The first kappa shape index (κ1) is 21.6. The Kier molecular flexibility index (Phi) is 6.82. The third kappa shape index (κ3) is 5.50. The molecule has 0 radical (unpaired) electrons. The van der Waals surface area contributed by atoms with E-state index in [4.69, 9.17) is 16.3 Å². The molecule has 8 heteroatoms. The normalized spacial score (nSPS) is 17.9. The van der Waals surface area contributed by atoms with Gasteiger partial charge in [-0.05, 0) is 75.2 Å². The molecule has 0 unspecified atom stereocenters. The Bertz CT molecular complexity index is 944. The third-order valence-corrected chi connectivity index (χ3v) is 6.83. The number of rotatable bonds is 6. The second-order valence-corrected chi connectivity index (χ2v) is 9.71. The van der Waals surface area contributed by atoms with Crippen LogP contribution in [0.25, 0.3) is 0 Å². The molecule has 1 amide bonds. The number of nitrogens with one attached hydrogen (secondary N) is 1. The van der Waals surface area contributed by atoms with Gasteiger partial charge in [0.15, 0.2) is 0 Å². The zero-order valence-corrected chi connectivity index (χ0v) is 18.0. The average Bonchev–Trinajstić information content (AvgIpc) is 2.69. The molecule has 0 saturated carbocycles. The smallest absolute Gasteiger partial charge is 0.243 e. The van der Waals surface area contributed by atoms with Gasteiger partial charge in [-0.25, -0.2) is 8.42 Å². The second-order valence-electron chi connectivity index (χ2n) is 7.34. The van der Waals surface area contributed by atoms with Crippen LogP contribution < -0.4 is 10.1 Å². The molecule has 0 bridgehead atoms. The second kappa shape index (κ2) is 9.15. The molecular formula is C21H25ClN2O4S. The van der Waals surface area contributed by atoms with Gasteiger partial charge in [0.25, 0.3) is 0 Å². The number of piperidine rings is 1. The summed E-state index contributed by atoms with van der Waals surface area (Å²) < 4.78 is 32.8. The molecule has 1 saturated heterocycles. The lowest BCUT2D eigenvalue weighted by Gasteiger charge is -2.31. The summed E-state index contributed by atoms with van der Waals surface area (Å²) >= 11 is 5.85. The van der Waals surface area contributed by atoms with E-state index in [1.165, 1.54) is 16.4 Å². The molecule has 1 aliphatic heterocycles. The summed E-state index contributed by atoms with van der Waals surface area (Å²) in [6.45, 7) is 4.45. The van der Waals surface area contributed by atoms with Crippen LogP contribution in [0.3, 0.4) is 0 Å². The van der Waals surface area contributed by atoms with Crippen LogP contribution in [0.5, 0.6) is 5.75 Å². The number of anilines is 1. The monoisotopic (exact) mass is 436 g/mol. The number of carbonyl (C=O) groups is 1. The van der Waals surface area contributed by atoms with Crippen molar-refractivity contribution in [2.45, 2.75) is 37.7 Å². The SMILES string of the molecule is CC(C)Oc1ccc(NC(=O)[C@H]2CCCN(S(=O)(=O)c3ccc(Cl)cc3)C2)cc1. The van der Waals surface area contributed by atoms with Crippen LogP contribution in [-0.2, 0) is 14.8 Å². The molecule has 156 valence electrons. The maximum atomic E-state index is 12.9. The number of amides is 1. The van der Waals surface area contributed by atoms with E-state index in [0.717, 1.165) is 5.75 Å². The predicted molar refractivity (Wildman–Crippen MR) is 114 cm³/mol. The maximum Gasteiger partial charge on any atom is 0.243 e. The quantitative estimate of drug-likeness (QED) is 0.737. The zero-order chi connectivity index (χ0) is 21.0. The highest BCUT2D eigenvalue weighted by Gasteiger charge is 2.33. The van der Waals surface area contributed by atoms with Gasteiger partial charge in [-0.1, -0.05) is 11.6 Å². The van der Waals surface area contributed by atoms with Crippen molar-refractivity contribution in [1.82, 2.24) is 4.31 Å². The molecule has 1 atom stereocenters. The van der Waals surface area contributed by atoms with Gasteiger partial charge < -0.3 is 10.1 Å². The molecule has 1 aliphatic rings. The van der Waals surface area contributed by atoms with Crippen molar-refractivity contribution in [3.8, 4) is 5.75 Å². The van der Waals surface area contributed by atoms with Crippen LogP contribution in [0.1, 0.15) is 26.7 Å². The van der Waals surface area contributed by atoms with Gasteiger partial charge in [0, 0.05) is 23.8 Å². The minimum Gasteiger partial charge on any atom is -0.491 e. The average molecular weight is 437 g/mol. The van der Waals surface area contributed by atoms with Crippen LogP contribution in [0.15, 0.2) is 53.4 Å². The molecule has 0 aliphatic carbocycles. The number of ether oxygens (including phenoxy) is 1. The maximum absolute atomic E-state index is 12.9. The fraction of sp³-hybridized carbons (Fsp3) is 0.381. The fourth-order valence-corrected chi connectivity index (χ4v) is 4.91. The van der Waals surface area contributed by atoms with Crippen LogP contribution in [0, 0.1) is 5.92 Å². The molecule has 2 aromatic carbocycles. The Morgan fingerprint density at radius 3 is 2.41 bits per heavy atom. The van der Waals surface area contributed by atoms with E-state index in [0.29, 0.717) is 30.1 Å². The fourth-order valence-electron chi connectivity index (χ4n) is 3.26. The third-order valence-electron chi connectivity index (χ3n) is 4.70. The number of hydrogen-bond acceptors (Lipinski definition) is 4. The molecule has 1 N–H and O–H groups in total. The summed E-state index contributed by atoms with van der Waals surface area (Å²) in [5.74, 6) is 0.145. The number of hydrogen-bond donors (Lipinski definition) is 1. The van der Waals surface area contributed by atoms with Gasteiger partial charge in [0.05, 0.1) is 16.9 Å². The van der Waals surface area contributed by atoms with Gasteiger partial charge in [0.1, 0.15) is 5.75 Å². The summed E-state index contributed by atoms with van der Waals surface area (Å²) in [4.78, 5) is 12.9. The topological polar surface area (TPSA) is 75.7 Å². The van der Waals surface area contributed by atoms with E-state index in [2.05, 4.69) is 5.32 Å². The van der Waals surface area contributed by atoms with E-state index in [-0.39, 0.29) is 23.5 Å². The molecule has 29 heavy (non-hydrogen) atoms. The number of sulfonamides is 1. The lowest BCUT2D eigenvalue weighted by atomic mass is 9.99. The summed E-state index contributed by atoms with van der Waals surface area (Å²) in [6, 6.07) is 13.2. The highest BCUT2D eigenvalue weighted by atomic mass is 35.5. The number of carbonyl (C=O) groups excluding carboxylic acids is 1. The van der Waals surface area contributed by atoms with Crippen LogP contribution in [0.2, 0.25) is 5.02 Å². The van der Waals surface area contributed by atoms with E-state index < -0.39 is 15.9 Å². The van der Waals surface area contributed by atoms with E-state index in [1.54, 1.807) is 36.4 Å². The number of benzene rings is 2. The standard InChI is InChI=1S/C21H25ClN2O4S/c1-15(2)28-19-9-7-18(8-10-19)23-21(25)16-4-3-13-24(14-16)29(26,27)20-11-5-17(22)6-12-20/h5-12,15-16H,3-4,13-14H2,1-2H3,(H,23,25)/t16-/m0/s1. The highest BCUT2D eigenvalue weighted by molar-refractivity contribution is 7.89. The summed E-state index contributed by atoms with van der Waals surface area (Å²) in [5, 5.41) is 3.35. The van der Waals surface area contributed by atoms with E-state index >= 15 is 0 Å². The predicted octanol–water partition coefficient (Wildman–Crippen LogP) is 4.17. The lowest BCUT2D eigenvalue weighted by molar-refractivity contribution is -0.120. The Morgan fingerprint density at radius 1 is 1.14 bits per heavy atom. The molecule has 1 heterocycles. The van der Waals surface area contributed by atoms with Crippen molar-refractivity contribution >= 4 is 33.2 Å². The van der Waals surface area contributed by atoms with Gasteiger partial charge in [0.2, 0.25) is 15.9 Å². The molecular weight excluding hydrogens is 412 g/mol. The molecule has 1 fully saturated rings. The Balaban J connectivity index is 1.65. The summed E-state index contributed by atoms with van der Waals surface area (Å²) in [7, 11) is -3.66. The molecule has 3 rings (SSSR count). The van der Waals surface area contributed by atoms with Crippen molar-refractivity contribution in [2.75, 3.05) is 18.4 Å². The first-order chi connectivity index (χ1) is 13.8. The Hall–Kier alpha value is -2.09. The van der Waals surface area contributed by atoms with Crippen LogP contribution in [-0.4, -0.2) is 37.8 Å². The van der Waals surface area contributed by atoms with E-state index in [1.807, 2.05) is 13.8 Å². The van der Waals surface area contributed by atoms with Crippen molar-refractivity contribution in [2.24, 2.45) is 5.92 Å². The summed E-state index contributed by atoms with van der Waals surface area (Å²) in [6.07, 6.45) is 1.35. The van der Waals surface area contributed by atoms with Crippen molar-refractivity contribution < 1.29 is 17.9 Å². The van der Waals surface area contributed by atoms with Crippen LogP contribution >= 0.6 is 11.6 Å². The molecule has 0 spiro atoms. The Morgan fingerprint density at radius 2 is 1.79 bits per heavy atom. The lowest BCUT2D eigenvalue weighted by Crippen LogP contribution is -2.43. The summed E-state index contributed by atoms with van der Waals surface area (Å²) in [5.41, 5.74) is 0.656. The van der Waals surface area contributed by atoms with Gasteiger partial charge in [-0.2, -0.15) is 4.31 Å². The largest absolute Gasteiger partial charge is 0.491 e. The first-order valence-electron chi connectivity index (χ1n) is 9.59. The molecule has 6 nitrogen and oxygen atoms in total. The minimum atomic E-state index is -3.66. The Labute approximate surface area is 176 Å². The minimum absolute atomic E-state index is 0.0752. The first-order valence-corrected chi connectivity index (χ1v) is 11.4. The number of halogens is 1. The van der Waals surface area contributed by atoms with E-state index in [9.17, 15) is 13.2 Å². The van der Waals surface area contributed by atoms with Crippen LogP contribution in [0.4, 0.5) is 5.69 Å². The zero-order valence-electron chi connectivity index (χ0n) is 16.5. The van der Waals surface area contributed by atoms with Gasteiger partial charge in [-0.3, -0.25) is 4.79 Å². The molecule has 0 aromatic heterocycles. The van der Waals surface area contributed by atoms with Crippen molar-refractivity contribution in [3.63, 3.8) is 0 Å². The van der Waals surface area contributed by atoms with Gasteiger partial charge in [-0.15, -0.1) is 0 Å². The molecule has 2 aromatic rings. The number of nitrogens with zero attached hydrogens (tertiary/aromatic N) is 1. The van der Waals surface area contributed by atoms with Gasteiger partial charge >= 0.3 is 0 Å². The highest BCUT2D eigenvalue weighted by Crippen LogP contribution is 2.26. The van der Waals surface area contributed by atoms with Crippen molar-refractivity contribution in [3.05, 3.63) is 53.6 Å². The van der Waals surface area contributed by atoms with Crippen molar-refractivity contribution in [1.29, 1.82) is 0 Å².